The normalized spacial score (nSPS) is 19.1. The lowest BCUT2D eigenvalue weighted by Gasteiger charge is -2.37. The van der Waals surface area contributed by atoms with Crippen molar-refractivity contribution in [1.82, 2.24) is 20.0 Å². The lowest BCUT2D eigenvalue weighted by Crippen LogP contribution is -2.50. The zero-order valence-electron chi connectivity index (χ0n) is 18.1. The molecule has 1 aromatic carbocycles. The molecule has 4 rings (SSSR count). The molecule has 1 amide bonds. The molecule has 0 radical (unpaired) electrons. The zero-order valence-corrected chi connectivity index (χ0v) is 18.1. The van der Waals surface area contributed by atoms with Gasteiger partial charge in [0.25, 0.3) is 0 Å². The first-order chi connectivity index (χ1) is 14.7. The van der Waals surface area contributed by atoms with Gasteiger partial charge in [0.05, 0.1) is 5.92 Å². The van der Waals surface area contributed by atoms with Crippen LogP contribution in [-0.4, -0.2) is 85.3 Å². The Kier molecular flexibility index (Phi) is 6.47. The van der Waals surface area contributed by atoms with Gasteiger partial charge in [-0.05, 0) is 31.2 Å². The fourth-order valence-electron chi connectivity index (χ4n) is 4.31. The Bertz CT molecular complexity index is 811. The van der Waals surface area contributed by atoms with Gasteiger partial charge >= 0.3 is 0 Å². The molecule has 1 unspecified atom stereocenters. The van der Waals surface area contributed by atoms with E-state index in [0.717, 1.165) is 76.0 Å². The van der Waals surface area contributed by atoms with Gasteiger partial charge in [0.2, 0.25) is 5.91 Å². The maximum atomic E-state index is 13.1. The van der Waals surface area contributed by atoms with E-state index in [4.69, 9.17) is 0 Å². The largest absolute Gasteiger partial charge is 0.353 e. The molecule has 2 saturated heterocycles. The molecule has 0 N–H and O–H groups in total. The van der Waals surface area contributed by atoms with Crippen LogP contribution in [-0.2, 0) is 4.79 Å². The van der Waals surface area contributed by atoms with E-state index >= 15 is 0 Å². The second kappa shape index (κ2) is 9.43. The Morgan fingerprint density at radius 3 is 1.87 bits per heavy atom. The predicted molar refractivity (Wildman–Crippen MR) is 120 cm³/mol. The lowest BCUT2D eigenvalue weighted by molar-refractivity contribution is -0.133. The fraction of sp³-hybridized carbons (Fsp3) is 0.522. The van der Waals surface area contributed by atoms with Gasteiger partial charge in [0.1, 0.15) is 0 Å². The van der Waals surface area contributed by atoms with Gasteiger partial charge < -0.3 is 19.6 Å². The molecule has 1 aromatic heterocycles. The molecule has 2 fully saturated rings. The van der Waals surface area contributed by atoms with Crippen molar-refractivity contribution in [3.05, 3.63) is 48.0 Å². The van der Waals surface area contributed by atoms with E-state index in [0.29, 0.717) is 0 Å². The molecule has 1 atom stereocenters. The summed E-state index contributed by atoms with van der Waals surface area (Å²) in [7, 11) is 2.15. The Hall–Kier alpha value is -2.67. The third-order valence-corrected chi connectivity index (χ3v) is 6.29. The summed E-state index contributed by atoms with van der Waals surface area (Å²) in [4.78, 5) is 21.9. The Morgan fingerprint density at radius 2 is 1.37 bits per heavy atom. The quantitative estimate of drug-likeness (QED) is 0.755. The number of carbonyl (C=O) groups excluding carboxylic acids is 1. The maximum absolute atomic E-state index is 13.1. The van der Waals surface area contributed by atoms with E-state index in [-0.39, 0.29) is 11.8 Å². The van der Waals surface area contributed by atoms with E-state index < -0.39 is 0 Å². The highest BCUT2D eigenvalue weighted by Gasteiger charge is 2.28. The average molecular weight is 409 g/mol. The predicted octanol–water partition coefficient (Wildman–Crippen LogP) is 2.07. The first-order valence-electron chi connectivity index (χ1n) is 11.0. The summed E-state index contributed by atoms with van der Waals surface area (Å²) in [6, 6.07) is 14.3. The van der Waals surface area contributed by atoms with Gasteiger partial charge in [0.15, 0.2) is 11.6 Å². The number of amides is 1. The number of hydrogen-bond donors (Lipinski definition) is 0. The van der Waals surface area contributed by atoms with Gasteiger partial charge in [-0.1, -0.05) is 37.3 Å². The second-order valence-corrected chi connectivity index (χ2v) is 8.22. The van der Waals surface area contributed by atoms with Crippen molar-refractivity contribution in [2.75, 3.05) is 69.2 Å². The number of anilines is 2. The summed E-state index contributed by atoms with van der Waals surface area (Å²) < 4.78 is 0. The van der Waals surface area contributed by atoms with Gasteiger partial charge in [-0.2, -0.15) is 0 Å². The average Bonchev–Trinajstić information content (AvgIpc) is 2.81. The topological polar surface area (TPSA) is 55.8 Å². The van der Waals surface area contributed by atoms with Crippen LogP contribution in [0.25, 0.3) is 0 Å². The van der Waals surface area contributed by atoms with E-state index in [2.05, 4.69) is 63.1 Å². The minimum atomic E-state index is -0.0552. The van der Waals surface area contributed by atoms with Gasteiger partial charge in [-0.15, -0.1) is 10.2 Å². The second-order valence-electron chi connectivity index (χ2n) is 8.22. The Labute approximate surface area is 179 Å². The summed E-state index contributed by atoms with van der Waals surface area (Å²) in [6.07, 6.45) is 0.822. The van der Waals surface area contributed by atoms with Crippen LogP contribution in [0.15, 0.2) is 42.5 Å². The number of nitrogens with zero attached hydrogens (tertiary/aromatic N) is 6. The summed E-state index contributed by atoms with van der Waals surface area (Å²) in [6.45, 7) is 9.22. The van der Waals surface area contributed by atoms with Crippen LogP contribution in [0.3, 0.4) is 0 Å². The number of hydrogen-bond acceptors (Lipinski definition) is 6. The third kappa shape index (κ3) is 4.56. The molecule has 2 aliphatic rings. The highest BCUT2D eigenvalue weighted by molar-refractivity contribution is 5.84. The molecule has 2 aliphatic heterocycles. The van der Waals surface area contributed by atoms with Crippen molar-refractivity contribution >= 4 is 17.5 Å². The first-order valence-corrected chi connectivity index (χ1v) is 11.0. The van der Waals surface area contributed by atoms with Crippen LogP contribution in [0.2, 0.25) is 0 Å². The van der Waals surface area contributed by atoms with Crippen LogP contribution >= 0.6 is 0 Å². The molecule has 30 heavy (non-hydrogen) atoms. The smallest absolute Gasteiger partial charge is 0.230 e. The SMILES string of the molecule is CCC(C(=O)N1CCN(c2ccc(N3CCN(C)CC3)nn2)CC1)c1ccccc1. The van der Waals surface area contributed by atoms with Gasteiger partial charge in [0, 0.05) is 52.4 Å². The van der Waals surface area contributed by atoms with Crippen LogP contribution in [0, 0.1) is 0 Å². The van der Waals surface area contributed by atoms with E-state index in [9.17, 15) is 4.79 Å². The first kappa shape index (κ1) is 20.6. The molecular weight excluding hydrogens is 376 g/mol. The minimum Gasteiger partial charge on any atom is -0.353 e. The van der Waals surface area contributed by atoms with E-state index in [1.165, 1.54) is 0 Å². The number of aromatic nitrogens is 2. The molecular formula is C23H32N6O. The molecule has 7 heteroatoms. The van der Waals surface area contributed by atoms with Crippen molar-refractivity contribution in [3.63, 3.8) is 0 Å². The minimum absolute atomic E-state index is 0.0552. The van der Waals surface area contributed by atoms with Gasteiger partial charge in [-0.3, -0.25) is 4.79 Å². The van der Waals surface area contributed by atoms with Crippen molar-refractivity contribution in [3.8, 4) is 0 Å². The maximum Gasteiger partial charge on any atom is 0.230 e. The van der Waals surface area contributed by atoms with Crippen molar-refractivity contribution in [2.45, 2.75) is 19.3 Å². The van der Waals surface area contributed by atoms with Crippen LogP contribution in [0.5, 0.6) is 0 Å². The van der Waals surface area contributed by atoms with Crippen LogP contribution in [0.1, 0.15) is 24.8 Å². The standard InChI is InChI=1S/C23H32N6O/c1-3-20(19-7-5-4-6-8-19)23(30)29-17-15-28(16-18-29)22-10-9-21(24-25-22)27-13-11-26(2)12-14-27/h4-10,20H,3,11-18H2,1-2H3. The van der Waals surface area contributed by atoms with Gasteiger partial charge in [-0.25, -0.2) is 0 Å². The third-order valence-electron chi connectivity index (χ3n) is 6.29. The summed E-state index contributed by atoms with van der Waals surface area (Å²) in [5.74, 6) is 2.03. The zero-order chi connectivity index (χ0) is 20.9. The molecule has 0 saturated carbocycles. The number of piperazine rings is 2. The number of carbonyl (C=O) groups is 1. The fourth-order valence-corrected chi connectivity index (χ4v) is 4.31. The number of rotatable bonds is 5. The highest BCUT2D eigenvalue weighted by atomic mass is 16.2. The molecule has 0 bridgehead atoms. The summed E-state index contributed by atoms with van der Waals surface area (Å²) in [5, 5.41) is 8.96. The Balaban J connectivity index is 1.33. The van der Waals surface area contributed by atoms with Crippen molar-refractivity contribution in [1.29, 1.82) is 0 Å². The molecule has 0 aliphatic carbocycles. The highest BCUT2D eigenvalue weighted by Crippen LogP contribution is 2.24. The lowest BCUT2D eigenvalue weighted by atomic mass is 9.95. The molecule has 2 aromatic rings. The molecule has 0 spiro atoms. The molecule has 7 nitrogen and oxygen atoms in total. The summed E-state index contributed by atoms with van der Waals surface area (Å²) in [5.41, 5.74) is 1.11. The number of benzene rings is 1. The number of likely N-dealkylation sites (N-methyl/N-ethyl adjacent to an activating group) is 1. The van der Waals surface area contributed by atoms with E-state index in [1.54, 1.807) is 0 Å². The molecule has 160 valence electrons. The Morgan fingerprint density at radius 1 is 0.833 bits per heavy atom. The van der Waals surface area contributed by atoms with Crippen LogP contribution in [0.4, 0.5) is 11.6 Å². The van der Waals surface area contributed by atoms with Crippen molar-refractivity contribution in [2.24, 2.45) is 0 Å². The molecule has 3 heterocycles. The monoisotopic (exact) mass is 408 g/mol. The van der Waals surface area contributed by atoms with Crippen molar-refractivity contribution < 1.29 is 4.79 Å². The van der Waals surface area contributed by atoms with Crippen LogP contribution < -0.4 is 9.80 Å². The summed E-state index contributed by atoms with van der Waals surface area (Å²) >= 11 is 0. The van der Waals surface area contributed by atoms with E-state index in [1.807, 2.05) is 23.1 Å².